The van der Waals surface area contributed by atoms with Gasteiger partial charge in [-0.3, -0.25) is 19.4 Å². The molecule has 0 spiro atoms. The SMILES string of the molecule is COc1ccc(CN2CC3C(=O)N(CCc4ccccc4)C(=O)C3C2)cc1. The number of amides is 2. The van der Waals surface area contributed by atoms with Gasteiger partial charge in [-0.2, -0.15) is 0 Å². The monoisotopic (exact) mass is 364 g/mol. The van der Waals surface area contributed by atoms with Gasteiger partial charge in [-0.05, 0) is 29.7 Å². The topological polar surface area (TPSA) is 49.9 Å². The highest BCUT2D eigenvalue weighted by Crippen LogP contribution is 2.34. The van der Waals surface area contributed by atoms with Crippen molar-refractivity contribution in [3.8, 4) is 5.75 Å². The Labute approximate surface area is 159 Å². The number of rotatable bonds is 6. The summed E-state index contributed by atoms with van der Waals surface area (Å²) in [5.74, 6) is 0.450. The average Bonchev–Trinajstić information content (AvgIpc) is 3.21. The summed E-state index contributed by atoms with van der Waals surface area (Å²) in [6.07, 6.45) is 0.716. The molecule has 2 aliphatic heterocycles. The third-order valence-corrected chi connectivity index (χ3v) is 5.59. The number of carbonyl (C=O) groups is 2. The molecule has 2 saturated heterocycles. The van der Waals surface area contributed by atoms with Gasteiger partial charge in [0.05, 0.1) is 18.9 Å². The first-order chi connectivity index (χ1) is 13.2. The van der Waals surface area contributed by atoms with Gasteiger partial charge < -0.3 is 4.74 Å². The second kappa shape index (κ2) is 7.53. The summed E-state index contributed by atoms with van der Waals surface area (Å²) in [7, 11) is 1.65. The van der Waals surface area contributed by atoms with Crippen LogP contribution in [-0.2, 0) is 22.6 Å². The number of likely N-dealkylation sites (tertiary alicyclic amines) is 2. The lowest BCUT2D eigenvalue weighted by atomic mass is 10.00. The molecule has 2 atom stereocenters. The van der Waals surface area contributed by atoms with Gasteiger partial charge in [-0.25, -0.2) is 0 Å². The first kappa shape index (κ1) is 17.7. The molecule has 0 aliphatic carbocycles. The molecule has 0 saturated carbocycles. The summed E-state index contributed by atoms with van der Waals surface area (Å²) < 4.78 is 5.19. The van der Waals surface area contributed by atoms with E-state index in [2.05, 4.69) is 4.90 Å². The fraction of sp³-hybridized carbons (Fsp3) is 0.364. The molecular weight excluding hydrogens is 340 g/mol. The molecule has 0 aromatic heterocycles. The predicted molar refractivity (Wildman–Crippen MR) is 102 cm³/mol. The van der Waals surface area contributed by atoms with E-state index in [4.69, 9.17) is 4.74 Å². The van der Waals surface area contributed by atoms with Crippen LogP contribution in [0.5, 0.6) is 5.75 Å². The largest absolute Gasteiger partial charge is 0.497 e. The number of nitrogens with zero attached hydrogens (tertiary/aromatic N) is 2. The third kappa shape index (κ3) is 3.60. The van der Waals surface area contributed by atoms with Gasteiger partial charge in [0.1, 0.15) is 5.75 Å². The third-order valence-electron chi connectivity index (χ3n) is 5.59. The number of ether oxygens (including phenoxy) is 1. The molecule has 2 aromatic rings. The van der Waals surface area contributed by atoms with Gasteiger partial charge in [0.25, 0.3) is 0 Å². The van der Waals surface area contributed by atoms with E-state index in [9.17, 15) is 9.59 Å². The Morgan fingerprint density at radius 3 is 2.11 bits per heavy atom. The molecule has 5 heteroatoms. The van der Waals surface area contributed by atoms with E-state index in [0.29, 0.717) is 26.1 Å². The van der Waals surface area contributed by atoms with Crippen molar-refractivity contribution in [2.24, 2.45) is 11.8 Å². The minimum absolute atomic E-state index is 0.00170. The summed E-state index contributed by atoms with van der Waals surface area (Å²) >= 11 is 0. The van der Waals surface area contributed by atoms with Gasteiger partial charge in [0.2, 0.25) is 11.8 Å². The summed E-state index contributed by atoms with van der Waals surface area (Å²) in [5, 5.41) is 0. The smallest absolute Gasteiger partial charge is 0.234 e. The van der Waals surface area contributed by atoms with Crippen LogP contribution in [0, 0.1) is 11.8 Å². The molecule has 2 aromatic carbocycles. The second-order valence-corrected chi connectivity index (χ2v) is 7.32. The highest BCUT2D eigenvalue weighted by atomic mass is 16.5. The lowest BCUT2D eigenvalue weighted by Crippen LogP contribution is -2.37. The molecule has 0 bridgehead atoms. The van der Waals surface area contributed by atoms with Crippen LogP contribution in [0.2, 0.25) is 0 Å². The lowest BCUT2D eigenvalue weighted by Gasteiger charge is -2.20. The van der Waals surface area contributed by atoms with Crippen LogP contribution in [0.4, 0.5) is 0 Å². The van der Waals surface area contributed by atoms with Crippen molar-refractivity contribution in [1.82, 2.24) is 9.80 Å². The summed E-state index contributed by atoms with van der Waals surface area (Å²) in [6.45, 7) is 2.54. The minimum atomic E-state index is -0.188. The van der Waals surface area contributed by atoms with Gasteiger partial charge in [0.15, 0.2) is 0 Å². The van der Waals surface area contributed by atoms with Crippen LogP contribution in [-0.4, -0.2) is 48.4 Å². The van der Waals surface area contributed by atoms with Crippen molar-refractivity contribution < 1.29 is 14.3 Å². The first-order valence-electron chi connectivity index (χ1n) is 9.40. The zero-order valence-electron chi connectivity index (χ0n) is 15.5. The summed E-state index contributed by atoms with van der Waals surface area (Å²) in [5.41, 5.74) is 2.31. The lowest BCUT2D eigenvalue weighted by molar-refractivity contribution is -0.140. The number of hydrogen-bond donors (Lipinski definition) is 0. The van der Waals surface area contributed by atoms with Crippen LogP contribution >= 0.6 is 0 Å². The highest BCUT2D eigenvalue weighted by Gasteiger charge is 2.51. The van der Waals surface area contributed by atoms with E-state index in [0.717, 1.165) is 23.4 Å². The molecule has 140 valence electrons. The van der Waals surface area contributed by atoms with E-state index in [1.807, 2.05) is 54.6 Å². The maximum Gasteiger partial charge on any atom is 0.234 e. The van der Waals surface area contributed by atoms with Crippen molar-refractivity contribution in [3.63, 3.8) is 0 Å². The quantitative estimate of drug-likeness (QED) is 0.739. The van der Waals surface area contributed by atoms with E-state index in [-0.39, 0.29) is 23.7 Å². The van der Waals surface area contributed by atoms with E-state index in [1.165, 1.54) is 4.90 Å². The van der Waals surface area contributed by atoms with E-state index >= 15 is 0 Å². The number of carbonyl (C=O) groups excluding carboxylic acids is 2. The van der Waals surface area contributed by atoms with E-state index < -0.39 is 0 Å². The molecule has 0 N–H and O–H groups in total. The Kier molecular flexibility index (Phi) is 4.94. The van der Waals surface area contributed by atoms with Gasteiger partial charge in [-0.15, -0.1) is 0 Å². The Hall–Kier alpha value is -2.66. The number of benzene rings is 2. The first-order valence-corrected chi connectivity index (χ1v) is 9.40. The molecule has 2 heterocycles. The zero-order valence-corrected chi connectivity index (χ0v) is 15.5. The van der Waals surface area contributed by atoms with Crippen molar-refractivity contribution in [2.75, 3.05) is 26.7 Å². The van der Waals surface area contributed by atoms with Crippen LogP contribution < -0.4 is 4.74 Å². The zero-order chi connectivity index (χ0) is 18.8. The molecule has 27 heavy (non-hydrogen) atoms. The summed E-state index contributed by atoms with van der Waals surface area (Å²) in [6, 6.07) is 17.9. The molecule has 2 unspecified atom stereocenters. The van der Waals surface area contributed by atoms with Crippen molar-refractivity contribution in [2.45, 2.75) is 13.0 Å². The molecule has 0 radical (unpaired) electrons. The maximum atomic E-state index is 12.8. The number of fused-ring (bicyclic) bond motifs is 1. The molecule has 4 rings (SSSR count). The Morgan fingerprint density at radius 2 is 1.52 bits per heavy atom. The van der Waals surface area contributed by atoms with Crippen LogP contribution in [0.25, 0.3) is 0 Å². The molecule has 2 amide bonds. The van der Waals surface area contributed by atoms with Crippen molar-refractivity contribution in [1.29, 1.82) is 0 Å². The fourth-order valence-electron chi connectivity index (χ4n) is 4.12. The highest BCUT2D eigenvalue weighted by molar-refractivity contribution is 6.05. The van der Waals surface area contributed by atoms with Crippen LogP contribution in [0.15, 0.2) is 54.6 Å². The van der Waals surface area contributed by atoms with Gasteiger partial charge >= 0.3 is 0 Å². The normalized spacial score (nSPS) is 22.3. The molecule has 2 aliphatic rings. The van der Waals surface area contributed by atoms with Crippen molar-refractivity contribution in [3.05, 3.63) is 65.7 Å². The minimum Gasteiger partial charge on any atom is -0.497 e. The van der Waals surface area contributed by atoms with Crippen LogP contribution in [0.3, 0.4) is 0 Å². The number of imide groups is 1. The van der Waals surface area contributed by atoms with Gasteiger partial charge in [0, 0.05) is 26.2 Å². The Bertz CT molecular complexity index is 795. The second-order valence-electron chi connectivity index (χ2n) is 7.32. The standard InChI is InChI=1S/C22H24N2O3/c1-27-18-9-7-17(8-10-18)13-23-14-19-20(15-23)22(26)24(21(19)25)12-11-16-5-3-2-4-6-16/h2-10,19-20H,11-15H2,1H3. The van der Waals surface area contributed by atoms with Crippen LogP contribution in [0.1, 0.15) is 11.1 Å². The molecule has 5 nitrogen and oxygen atoms in total. The van der Waals surface area contributed by atoms with Gasteiger partial charge in [-0.1, -0.05) is 42.5 Å². The molecular formula is C22H24N2O3. The fourth-order valence-corrected chi connectivity index (χ4v) is 4.12. The predicted octanol–water partition coefficient (Wildman–Crippen LogP) is 2.35. The summed E-state index contributed by atoms with van der Waals surface area (Å²) in [4.78, 5) is 29.2. The van der Waals surface area contributed by atoms with Crippen molar-refractivity contribution >= 4 is 11.8 Å². The Balaban J connectivity index is 1.36. The number of methoxy groups -OCH3 is 1. The maximum absolute atomic E-state index is 12.8. The Morgan fingerprint density at radius 1 is 0.889 bits per heavy atom. The van der Waals surface area contributed by atoms with E-state index in [1.54, 1.807) is 7.11 Å². The number of hydrogen-bond acceptors (Lipinski definition) is 4. The average molecular weight is 364 g/mol. The molecule has 2 fully saturated rings.